The van der Waals surface area contributed by atoms with E-state index in [9.17, 15) is 10.2 Å². The van der Waals surface area contributed by atoms with Crippen molar-refractivity contribution in [1.82, 2.24) is 0 Å². The van der Waals surface area contributed by atoms with Gasteiger partial charge in [0.15, 0.2) is 0 Å². The van der Waals surface area contributed by atoms with Gasteiger partial charge in [-0.3, -0.25) is 0 Å². The van der Waals surface area contributed by atoms with Gasteiger partial charge in [0.05, 0.1) is 0 Å². The van der Waals surface area contributed by atoms with Gasteiger partial charge in [-0.25, -0.2) is 0 Å². The van der Waals surface area contributed by atoms with E-state index in [1.807, 2.05) is 0 Å². The topological polar surface area (TPSA) is 40.5 Å². The Kier molecular flexibility index (Phi) is 9.48. The third kappa shape index (κ3) is 7.82. The lowest BCUT2D eigenvalue weighted by molar-refractivity contribution is 0.439. The molecule has 0 aromatic heterocycles. The Morgan fingerprint density at radius 2 is 0.825 bits per heavy atom. The number of phenols is 2. The quantitative estimate of drug-likeness (QED) is 0.285. The second-order valence-corrected chi connectivity index (χ2v) is 17.1. The zero-order chi connectivity index (χ0) is 30.3. The van der Waals surface area contributed by atoms with Crippen LogP contribution in [-0.4, -0.2) is 10.2 Å². The van der Waals surface area contributed by atoms with E-state index < -0.39 is 0 Å². The molecule has 0 saturated heterocycles. The van der Waals surface area contributed by atoms with Gasteiger partial charge in [-0.1, -0.05) is 119 Å². The molecule has 4 heteroatoms. The van der Waals surface area contributed by atoms with Crippen molar-refractivity contribution in [2.45, 2.75) is 126 Å². The number of thioether (sulfide) groups is 2. The highest BCUT2D eigenvalue weighted by Gasteiger charge is 2.26. The summed E-state index contributed by atoms with van der Waals surface area (Å²) in [7, 11) is 0. The van der Waals surface area contributed by atoms with E-state index in [0.717, 1.165) is 22.3 Å². The normalized spacial score (nSPS) is 13.1. The molecule has 3 aromatic rings. The van der Waals surface area contributed by atoms with E-state index in [4.69, 9.17) is 0 Å². The highest BCUT2D eigenvalue weighted by Crippen LogP contribution is 2.43. The fraction of sp³-hybridized carbons (Fsp3) is 0.500. The van der Waals surface area contributed by atoms with Gasteiger partial charge in [0.2, 0.25) is 0 Å². The Balaban J connectivity index is 1.92. The second-order valence-electron chi connectivity index (χ2n) is 15.1. The van der Waals surface area contributed by atoms with Crippen LogP contribution in [0.15, 0.2) is 58.3 Å². The number of hydrogen-bond donors (Lipinski definition) is 2. The molecular weight excluding hydrogens is 529 g/mol. The lowest BCUT2D eigenvalue weighted by atomic mass is 9.79. The number of hydrogen-bond acceptors (Lipinski definition) is 4. The molecule has 218 valence electrons. The standard InChI is InChI=1S/C36H50O2S2/c1-33(2,3)25-17-23(31(37)27(19-25)35(7,8)9)21-39-29-15-13-14-16-30(29)40-22-24-18-26(34(4,5)6)20-28(32(24)38)36(10,11)12/h13-20,37-38H,21-22H2,1-12H3. The molecule has 0 saturated carbocycles. The summed E-state index contributed by atoms with van der Waals surface area (Å²) in [5.41, 5.74) is 6.16. The summed E-state index contributed by atoms with van der Waals surface area (Å²) >= 11 is 3.53. The zero-order valence-corrected chi connectivity index (χ0v) is 28.4. The molecule has 3 rings (SSSR count). The van der Waals surface area contributed by atoms with Crippen molar-refractivity contribution < 1.29 is 10.2 Å². The van der Waals surface area contributed by atoms with E-state index in [1.54, 1.807) is 23.5 Å². The summed E-state index contributed by atoms with van der Waals surface area (Å²) in [5, 5.41) is 22.6. The molecule has 3 aromatic carbocycles. The molecule has 0 aliphatic heterocycles. The molecule has 0 radical (unpaired) electrons. The molecule has 0 fully saturated rings. The summed E-state index contributed by atoms with van der Waals surface area (Å²) in [6.45, 7) is 26.3. The van der Waals surface area contributed by atoms with Gasteiger partial charge in [-0.15, -0.1) is 23.5 Å². The summed E-state index contributed by atoms with van der Waals surface area (Å²) in [5.74, 6) is 2.21. The molecule has 40 heavy (non-hydrogen) atoms. The fourth-order valence-electron chi connectivity index (χ4n) is 4.62. The first-order chi connectivity index (χ1) is 18.2. The number of benzene rings is 3. The van der Waals surface area contributed by atoms with Crippen LogP contribution in [0.2, 0.25) is 0 Å². The van der Waals surface area contributed by atoms with Gasteiger partial charge in [0.1, 0.15) is 11.5 Å². The molecule has 0 amide bonds. The minimum absolute atomic E-state index is 0.00359. The van der Waals surface area contributed by atoms with Crippen LogP contribution in [0.3, 0.4) is 0 Å². The van der Waals surface area contributed by atoms with Gasteiger partial charge < -0.3 is 10.2 Å². The Bertz CT molecular complexity index is 1240. The van der Waals surface area contributed by atoms with Gasteiger partial charge in [0, 0.05) is 32.4 Å². The Hall–Kier alpha value is -2.04. The fourth-order valence-corrected chi connectivity index (χ4v) is 6.80. The monoisotopic (exact) mass is 578 g/mol. The largest absolute Gasteiger partial charge is 0.507 e. The zero-order valence-electron chi connectivity index (χ0n) is 26.7. The van der Waals surface area contributed by atoms with E-state index in [-0.39, 0.29) is 21.7 Å². The van der Waals surface area contributed by atoms with E-state index >= 15 is 0 Å². The van der Waals surface area contributed by atoms with Crippen molar-refractivity contribution in [2.24, 2.45) is 0 Å². The van der Waals surface area contributed by atoms with Crippen molar-refractivity contribution in [3.05, 3.63) is 81.9 Å². The molecule has 0 spiro atoms. The lowest BCUT2D eigenvalue weighted by Gasteiger charge is -2.28. The highest BCUT2D eigenvalue weighted by atomic mass is 32.2. The Morgan fingerprint density at radius 1 is 0.500 bits per heavy atom. The van der Waals surface area contributed by atoms with Crippen molar-refractivity contribution in [2.75, 3.05) is 0 Å². The smallest absolute Gasteiger partial charge is 0.123 e. The number of rotatable bonds is 6. The summed E-state index contributed by atoms with van der Waals surface area (Å²) < 4.78 is 0. The summed E-state index contributed by atoms with van der Waals surface area (Å²) in [6.07, 6.45) is 0. The first-order valence-corrected chi connectivity index (χ1v) is 16.2. The van der Waals surface area contributed by atoms with Gasteiger partial charge in [-0.05, 0) is 56.0 Å². The van der Waals surface area contributed by atoms with Gasteiger partial charge >= 0.3 is 0 Å². The van der Waals surface area contributed by atoms with Crippen LogP contribution in [-0.2, 0) is 33.2 Å². The molecule has 0 unspecified atom stereocenters. The maximum Gasteiger partial charge on any atom is 0.123 e. The van der Waals surface area contributed by atoms with Gasteiger partial charge in [-0.2, -0.15) is 0 Å². The molecular formula is C36H50O2S2. The van der Waals surface area contributed by atoms with Crippen molar-refractivity contribution in [3.63, 3.8) is 0 Å². The number of phenolic OH excluding ortho intramolecular Hbond substituents is 2. The average molecular weight is 579 g/mol. The van der Waals surface area contributed by atoms with Crippen LogP contribution in [0.4, 0.5) is 0 Å². The van der Waals surface area contributed by atoms with Crippen molar-refractivity contribution in [3.8, 4) is 11.5 Å². The first-order valence-electron chi connectivity index (χ1n) is 14.3. The van der Waals surface area contributed by atoms with Crippen LogP contribution < -0.4 is 0 Å². The third-order valence-electron chi connectivity index (χ3n) is 7.34. The van der Waals surface area contributed by atoms with Crippen LogP contribution in [0.1, 0.15) is 116 Å². The van der Waals surface area contributed by atoms with Crippen LogP contribution in [0.5, 0.6) is 11.5 Å². The highest BCUT2D eigenvalue weighted by molar-refractivity contribution is 8.01. The third-order valence-corrected chi connectivity index (χ3v) is 9.72. The summed E-state index contributed by atoms with van der Waals surface area (Å²) in [4.78, 5) is 2.38. The van der Waals surface area contributed by atoms with Crippen LogP contribution >= 0.6 is 23.5 Å². The first kappa shape index (κ1) is 32.5. The Morgan fingerprint density at radius 3 is 1.10 bits per heavy atom. The van der Waals surface area contributed by atoms with Crippen LogP contribution in [0, 0.1) is 0 Å². The SMILES string of the molecule is CC(C)(C)c1cc(CSc2ccccc2SCc2cc(C(C)(C)C)cc(C(C)(C)C)c2O)c(O)c(C(C)(C)C)c1. The predicted octanol–water partition coefficient (Wildman–Crippen LogP) is 10.9. The van der Waals surface area contributed by atoms with Crippen molar-refractivity contribution >= 4 is 23.5 Å². The number of aromatic hydroxyl groups is 2. The van der Waals surface area contributed by atoms with E-state index in [1.165, 1.54) is 20.9 Å². The maximum absolute atomic E-state index is 11.3. The predicted molar refractivity (Wildman–Crippen MR) is 177 cm³/mol. The summed E-state index contributed by atoms with van der Waals surface area (Å²) in [6, 6.07) is 17.2. The molecule has 0 bridgehead atoms. The Labute approximate surface area is 252 Å². The van der Waals surface area contributed by atoms with Gasteiger partial charge in [0.25, 0.3) is 0 Å². The minimum Gasteiger partial charge on any atom is -0.507 e. The van der Waals surface area contributed by atoms with Crippen molar-refractivity contribution in [1.29, 1.82) is 0 Å². The van der Waals surface area contributed by atoms with E-state index in [0.29, 0.717) is 23.0 Å². The molecule has 2 nitrogen and oxygen atoms in total. The maximum atomic E-state index is 11.3. The van der Waals surface area contributed by atoms with Crippen LogP contribution in [0.25, 0.3) is 0 Å². The minimum atomic E-state index is -0.145. The lowest BCUT2D eigenvalue weighted by Crippen LogP contribution is -2.17. The molecule has 0 aliphatic carbocycles. The molecule has 2 N–H and O–H groups in total. The van der Waals surface area contributed by atoms with E-state index in [2.05, 4.69) is 132 Å². The molecule has 0 heterocycles. The average Bonchev–Trinajstić information content (AvgIpc) is 2.80. The second kappa shape index (κ2) is 11.7. The molecule has 0 atom stereocenters. The molecule has 0 aliphatic rings.